The summed E-state index contributed by atoms with van der Waals surface area (Å²) < 4.78 is 0. The Morgan fingerprint density at radius 3 is 1.00 bits per heavy atom. The molecule has 0 heteroatoms. The highest BCUT2D eigenvalue weighted by molar-refractivity contribution is 5.65. The van der Waals surface area contributed by atoms with Crippen LogP contribution in [0.1, 0.15) is 215 Å². The Kier molecular flexibility index (Phi) is 9.93. The van der Waals surface area contributed by atoms with E-state index in [9.17, 15) is 0 Å². The first kappa shape index (κ1) is 37.6. The van der Waals surface area contributed by atoms with Crippen LogP contribution in [0, 0.1) is 0 Å². The van der Waals surface area contributed by atoms with Crippen molar-refractivity contribution in [2.75, 3.05) is 0 Å². The van der Waals surface area contributed by atoms with Gasteiger partial charge in [0.25, 0.3) is 0 Å². The first-order valence-electron chi connectivity index (χ1n) is 17.2. The molecule has 0 heterocycles. The van der Waals surface area contributed by atoms with Crippen molar-refractivity contribution >= 4 is 0 Å². The third-order valence-electron chi connectivity index (χ3n) is 9.15. The number of hydrogen-bond donors (Lipinski definition) is 0. The van der Waals surface area contributed by atoms with Crippen molar-refractivity contribution in [3.8, 4) is 0 Å². The van der Waals surface area contributed by atoms with Gasteiger partial charge in [0.1, 0.15) is 0 Å². The summed E-state index contributed by atoms with van der Waals surface area (Å²) in [6.45, 7) is 53.6. The average molecular weight is 589 g/mol. The topological polar surface area (TPSA) is 0 Å². The molecule has 0 saturated heterocycles. The fourth-order valence-corrected chi connectivity index (χ4v) is 7.48. The third kappa shape index (κ3) is 7.82. The van der Waals surface area contributed by atoms with Crippen molar-refractivity contribution in [2.45, 2.75) is 203 Å². The molecule has 0 N–H and O–H groups in total. The van der Waals surface area contributed by atoms with Crippen LogP contribution in [-0.4, -0.2) is 0 Å². The summed E-state index contributed by atoms with van der Waals surface area (Å²) in [5.74, 6) is 0.308. The van der Waals surface area contributed by atoms with Gasteiger partial charge in [0, 0.05) is 5.92 Å². The molecular formula is C43H72. The fraction of sp³-hybridized carbons (Fsp3) is 0.721. The van der Waals surface area contributed by atoms with Gasteiger partial charge in [-0.1, -0.05) is 171 Å². The predicted molar refractivity (Wildman–Crippen MR) is 196 cm³/mol. The van der Waals surface area contributed by atoms with Crippen molar-refractivity contribution in [1.82, 2.24) is 0 Å². The molecule has 0 aliphatic carbocycles. The second-order valence-corrected chi connectivity index (χ2v) is 20.8. The van der Waals surface area contributed by atoms with Gasteiger partial charge in [-0.15, -0.1) is 0 Å². The maximum absolute atomic E-state index is 2.55. The molecule has 0 spiro atoms. The Hall–Kier alpha value is -1.56. The van der Waals surface area contributed by atoms with Crippen LogP contribution in [0.25, 0.3) is 0 Å². The van der Waals surface area contributed by atoms with Gasteiger partial charge in [-0.05, 0) is 94.4 Å². The lowest BCUT2D eigenvalue weighted by molar-refractivity contribution is 0.449. The minimum Gasteiger partial charge on any atom is -0.0645 e. The smallest absolute Gasteiger partial charge is 0.00957 e. The molecule has 1 atom stereocenters. The van der Waals surface area contributed by atoms with Gasteiger partial charge >= 0.3 is 0 Å². The molecule has 1 unspecified atom stereocenters. The highest BCUT2D eigenvalue weighted by Gasteiger charge is 2.44. The molecule has 0 aliphatic heterocycles. The molecule has 2 aromatic carbocycles. The number of benzene rings is 2. The van der Waals surface area contributed by atoms with E-state index in [-0.39, 0.29) is 37.9 Å². The zero-order valence-corrected chi connectivity index (χ0v) is 33.0. The van der Waals surface area contributed by atoms with Crippen LogP contribution in [-0.2, 0) is 37.9 Å². The molecule has 0 radical (unpaired) electrons. The van der Waals surface area contributed by atoms with Crippen LogP contribution in [0.15, 0.2) is 18.2 Å². The fourth-order valence-electron chi connectivity index (χ4n) is 7.48. The summed E-state index contributed by atoms with van der Waals surface area (Å²) in [4.78, 5) is 0. The molecule has 0 aliphatic rings. The molecular weight excluding hydrogens is 516 g/mol. The summed E-state index contributed by atoms with van der Waals surface area (Å²) in [5.41, 5.74) is 14.1. The molecule has 0 amide bonds. The summed E-state index contributed by atoms with van der Waals surface area (Å²) in [7, 11) is 0. The van der Waals surface area contributed by atoms with Crippen LogP contribution in [0.3, 0.4) is 0 Å². The van der Waals surface area contributed by atoms with E-state index < -0.39 is 0 Å². The van der Waals surface area contributed by atoms with E-state index in [2.05, 4.69) is 171 Å². The molecule has 244 valence electrons. The van der Waals surface area contributed by atoms with Crippen molar-refractivity contribution in [3.05, 3.63) is 68.3 Å². The normalized spacial score (nSPS) is 15.2. The lowest BCUT2D eigenvalue weighted by atomic mass is 9.57. The second kappa shape index (κ2) is 11.4. The lowest BCUT2D eigenvalue weighted by Gasteiger charge is -2.47. The minimum absolute atomic E-state index is 0.00235. The maximum Gasteiger partial charge on any atom is 0.00957 e. The van der Waals surface area contributed by atoms with E-state index in [1.807, 2.05) is 0 Å². The van der Waals surface area contributed by atoms with E-state index in [4.69, 9.17) is 0 Å². The summed E-state index contributed by atoms with van der Waals surface area (Å²) in [6.07, 6.45) is 1.08. The molecule has 0 nitrogen and oxygen atoms in total. The molecule has 0 fully saturated rings. The molecule has 43 heavy (non-hydrogen) atoms. The largest absolute Gasteiger partial charge is 0.0645 e. The zero-order valence-electron chi connectivity index (χ0n) is 33.0. The van der Waals surface area contributed by atoms with Crippen LogP contribution < -0.4 is 0 Å². The van der Waals surface area contributed by atoms with Crippen molar-refractivity contribution in [1.29, 1.82) is 0 Å². The van der Waals surface area contributed by atoms with Crippen molar-refractivity contribution in [3.63, 3.8) is 0 Å². The minimum atomic E-state index is -0.0188. The Balaban J connectivity index is 3.56. The number of rotatable bonds is 3. The van der Waals surface area contributed by atoms with E-state index in [1.54, 1.807) is 33.4 Å². The average Bonchev–Trinajstić information content (AvgIpc) is 2.73. The second-order valence-electron chi connectivity index (χ2n) is 20.8. The zero-order chi connectivity index (χ0) is 34.1. The molecule has 0 saturated carbocycles. The van der Waals surface area contributed by atoms with Crippen molar-refractivity contribution in [2.24, 2.45) is 0 Å². The van der Waals surface area contributed by atoms with Crippen LogP contribution in [0.2, 0.25) is 0 Å². The Bertz CT molecular complexity index is 1240. The van der Waals surface area contributed by atoms with Crippen LogP contribution in [0.4, 0.5) is 0 Å². The third-order valence-corrected chi connectivity index (χ3v) is 9.15. The van der Waals surface area contributed by atoms with Gasteiger partial charge < -0.3 is 0 Å². The molecule has 2 aromatic rings. The maximum atomic E-state index is 2.55. The molecule has 2 rings (SSSR count). The quantitative estimate of drug-likeness (QED) is 0.334. The Labute approximate surface area is 270 Å². The first-order chi connectivity index (χ1) is 18.8. The van der Waals surface area contributed by atoms with Gasteiger partial charge in [0.05, 0.1) is 0 Å². The SMILES string of the molecule is CCC(c1ccc(C(C)(C)C)cc1C(C)(C)C)c1c(C(C)(C)C)c(C(C)(C)C)c(C(C)(C)C)c(C(C)(C)C)c1C(C)(C)C. The van der Waals surface area contributed by atoms with Crippen LogP contribution in [0.5, 0.6) is 0 Å². The summed E-state index contributed by atoms with van der Waals surface area (Å²) >= 11 is 0. The summed E-state index contributed by atoms with van der Waals surface area (Å²) in [5, 5.41) is 0. The Morgan fingerprint density at radius 2 is 0.744 bits per heavy atom. The van der Waals surface area contributed by atoms with Gasteiger partial charge in [-0.2, -0.15) is 0 Å². The monoisotopic (exact) mass is 589 g/mol. The van der Waals surface area contributed by atoms with Gasteiger partial charge in [-0.3, -0.25) is 0 Å². The lowest BCUT2D eigenvalue weighted by Crippen LogP contribution is -2.38. The van der Waals surface area contributed by atoms with E-state index in [0.29, 0.717) is 5.92 Å². The van der Waals surface area contributed by atoms with Crippen LogP contribution >= 0.6 is 0 Å². The standard InChI is InChI=1S/C43H72/c1-23-28(29-25-24-27(37(2,3)4)26-30(29)38(5,6)7)31-32(39(8,9)10)34(41(14,15)16)36(43(20,21)22)35(42(17,18)19)33(31)40(11,12)13/h24-26,28H,23H2,1-22H3. The first-order valence-corrected chi connectivity index (χ1v) is 17.2. The van der Waals surface area contributed by atoms with E-state index in [0.717, 1.165) is 6.42 Å². The van der Waals surface area contributed by atoms with Gasteiger partial charge in [-0.25, -0.2) is 0 Å². The van der Waals surface area contributed by atoms with Crippen molar-refractivity contribution < 1.29 is 0 Å². The highest BCUT2D eigenvalue weighted by Crippen LogP contribution is 2.55. The van der Waals surface area contributed by atoms with E-state index in [1.165, 1.54) is 16.7 Å². The van der Waals surface area contributed by atoms with E-state index >= 15 is 0 Å². The number of hydrogen-bond acceptors (Lipinski definition) is 0. The van der Waals surface area contributed by atoms with Gasteiger partial charge in [0.2, 0.25) is 0 Å². The molecule has 0 aromatic heterocycles. The Morgan fingerprint density at radius 1 is 0.419 bits per heavy atom. The molecule has 0 bridgehead atoms. The predicted octanol–water partition coefficient (Wildman–Crippen LogP) is 13.3. The van der Waals surface area contributed by atoms with Gasteiger partial charge in [0.15, 0.2) is 0 Å². The highest BCUT2D eigenvalue weighted by atomic mass is 14.5. The summed E-state index contributed by atoms with van der Waals surface area (Å²) in [6, 6.07) is 7.49.